The van der Waals surface area contributed by atoms with E-state index in [1.807, 2.05) is 37.4 Å². The van der Waals surface area contributed by atoms with E-state index < -0.39 is 0 Å². The Hall–Kier alpha value is -3.02. The Morgan fingerprint density at radius 2 is 2.00 bits per heavy atom. The van der Waals surface area contributed by atoms with Crippen LogP contribution < -0.4 is 5.32 Å². The van der Waals surface area contributed by atoms with Gasteiger partial charge in [-0.2, -0.15) is 5.10 Å². The van der Waals surface area contributed by atoms with Crippen LogP contribution in [-0.4, -0.2) is 25.7 Å². The van der Waals surface area contributed by atoms with Crippen molar-refractivity contribution < 1.29 is 4.79 Å². The van der Waals surface area contributed by atoms with Gasteiger partial charge in [0, 0.05) is 24.0 Å². The minimum atomic E-state index is -0.273. The molecule has 1 aromatic carbocycles. The Morgan fingerprint density at radius 1 is 1.12 bits per heavy atom. The van der Waals surface area contributed by atoms with E-state index in [2.05, 4.69) is 25.1 Å². The third-order valence-electron chi connectivity index (χ3n) is 4.45. The van der Waals surface area contributed by atoms with Gasteiger partial charge in [-0.15, -0.1) is 5.10 Å². The lowest BCUT2D eigenvalue weighted by molar-refractivity contribution is 0.102. The largest absolute Gasteiger partial charge is 0.328 e. The SMILES string of the molecule is Cc1ccc(C(=O)Nc2ccccc2-c2ncc3n2CCCC3)nn1. The molecule has 4 rings (SSSR count). The average Bonchev–Trinajstić information content (AvgIpc) is 3.07. The molecule has 0 bridgehead atoms. The van der Waals surface area contributed by atoms with Crippen molar-refractivity contribution in [1.29, 1.82) is 0 Å². The molecule has 1 aliphatic rings. The molecule has 1 N–H and O–H groups in total. The highest BCUT2D eigenvalue weighted by Crippen LogP contribution is 2.30. The third-order valence-corrected chi connectivity index (χ3v) is 4.45. The van der Waals surface area contributed by atoms with Crippen molar-refractivity contribution in [3.05, 3.63) is 59.7 Å². The van der Waals surface area contributed by atoms with Crippen molar-refractivity contribution in [2.45, 2.75) is 32.7 Å². The molecule has 0 unspecified atom stereocenters. The van der Waals surface area contributed by atoms with Crippen LogP contribution in [0.2, 0.25) is 0 Å². The quantitative estimate of drug-likeness (QED) is 0.798. The highest BCUT2D eigenvalue weighted by molar-refractivity contribution is 6.04. The summed E-state index contributed by atoms with van der Waals surface area (Å²) < 4.78 is 2.25. The van der Waals surface area contributed by atoms with E-state index in [4.69, 9.17) is 0 Å². The second-order valence-electron chi connectivity index (χ2n) is 6.24. The number of rotatable bonds is 3. The van der Waals surface area contributed by atoms with Crippen LogP contribution in [0.3, 0.4) is 0 Å². The van der Waals surface area contributed by atoms with Gasteiger partial charge < -0.3 is 9.88 Å². The molecule has 6 heteroatoms. The highest BCUT2D eigenvalue weighted by Gasteiger charge is 2.18. The smallest absolute Gasteiger partial charge is 0.276 e. The number of carbonyl (C=O) groups excluding carboxylic acids is 1. The zero-order valence-electron chi connectivity index (χ0n) is 14.1. The van der Waals surface area contributed by atoms with Crippen molar-refractivity contribution in [3.8, 4) is 11.4 Å². The molecule has 1 aliphatic heterocycles. The number of para-hydroxylation sites is 1. The highest BCUT2D eigenvalue weighted by atomic mass is 16.1. The van der Waals surface area contributed by atoms with Crippen molar-refractivity contribution in [2.24, 2.45) is 0 Å². The van der Waals surface area contributed by atoms with Crippen molar-refractivity contribution >= 4 is 11.6 Å². The fourth-order valence-corrected chi connectivity index (χ4v) is 3.14. The molecule has 0 saturated heterocycles. The Labute approximate surface area is 145 Å². The molecule has 3 aromatic rings. The van der Waals surface area contributed by atoms with Gasteiger partial charge in [-0.3, -0.25) is 4.79 Å². The zero-order valence-corrected chi connectivity index (χ0v) is 14.1. The number of anilines is 1. The molecule has 6 nitrogen and oxygen atoms in total. The molecule has 2 aromatic heterocycles. The van der Waals surface area contributed by atoms with Gasteiger partial charge in [0.1, 0.15) is 5.82 Å². The van der Waals surface area contributed by atoms with Crippen LogP contribution in [0, 0.1) is 6.92 Å². The normalized spacial score (nSPS) is 13.3. The van der Waals surface area contributed by atoms with Crippen LogP contribution in [0.5, 0.6) is 0 Å². The van der Waals surface area contributed by atoms with Gasteiger partial charge in [-0.1, -0.05) is 12.1 Å². The summed E-state index contributed by atoms with van der Waals surface area (Å²) >= 11 is 0. The van der Waals surface area contributed by atoms with E-state index in [1.165, 1.54) is 12.1 Å². The van der Waals surface area contributed by atoms with Gasteiger partial charge in [0.2, 0.25) is 0 Å². The number of aromatic nitrogens is 4. The summed E-state index contributed by atoms with van der Waals surface area (Å²) in [5.74, 6) is 0.631. The predicted octanol–water partition coefficient (Wildman–Crippen LogP) is 3.24. The summed E-state index contributed by atoms with van der Waals surface area (Å²) in [6.45, 7) is 2.81. The Bertz CT molecular complexity index is 914. The van der Waals surface area contributed by atoms with E-state index in [0.717, 1.165) is 42.2 Å². The molecule has 3 heterocycles. The number of hydrogen-bond donors (Lipinski definition) is 1. The van der Waals surface area contributed by atoms with E-state index in [0.29, 0.717) is 5.69 Å². The van der Waals surface area contributed by atoms with Crippen LogP contribution in [0.15, 0.2) is 42.6 Å². The molecule has 1 amide bonds. The first-order valence-electron chi connectivity index (χ1n) is 8.48. The van der Waals surface area contributed by atoms with Gasteiger partial charge in [-0.25, -0.2) is 4.98 Å². The first-order chi connectivity index (χ1) is 12.2. The number of imidazole rings is 1. The lowest BCUT2D eigenvalue weighted by Gasteiger charge is -2.18. The zero-order chi connectivity index (χ0) is 17.2. The molecule has 0 aliphatic carbocycles. The number of carbonyl (C=O) groups is 1. The topological polar surface area (TPSA) is 72.7 Å². The van der Waals surface area contributed by atoms with Gasteiger partial charge >= 0.3 is 0 Å². The van der Waals surface area contributed by atoms with Gasteiger partial charge in [-0.05, 0) is 50.5 Å². The predicted molar refractivity (Wildman–Crippen MR) is 95.3 cm³/mol. The summed E-state index contributed by atoms with van der Waals surface area (Å²) in [5.41, 5.74) is 3.98. The average molecular weight is 333 g/mol. The Balaban J connectivity index is 1.67. The summed E-state index contributed by atoms with van der Waals surface area (Å²) in [7, 11) is 0. The number of fused-ring (bicyclic) bond motifs is 1. The Kier molecular flexibility index (Phi) is 4.01. The van der Waals surface area contributed by atoms with Crippen molar-refractivity contribution in [1.82, 2.24) is 19.7 Å². The molecule has 0 fully saturated rings. The second-order valence-corrected chi connectivity index (χ2v) is 6.24. The monoisotopic (exact) mass is 333 g/mol. The molecule has 126 valence electrons. The van der Waals surface area contributed by atoms with E-state index in [9.17, 15) is 4.79 Å². The molecule has 0 saturated carbocycles. The van der Waals surface area contributed by atoms with Gasteiger partial charge in [0.15, 0.2) is 5.69 Å². The van der Waals surface area contributed by atoms with Crippen LogP contribution in [0.4, 0.5) is 5.69 Å². The molecular formula is C19H19N5O. The number of aryl methyl sites for hydroxylation is 2. The van der Waals surface area contributed by atoms with E-state index in [1.54, 1.807) is 12.1 Å². The minimum Gasteiger partial charge on any atom is -0.328 e. The van der Waals surface area contributed by atoms with E-state index in [-0.39, 0.29) is 5.91 Å². The molecule has 25 heavy (non-hydrogen) atoms. The fourth-order valence-electron chi connectivity index (χ4n) is 3.14. The first-order valence-corrected chi connectivity index (χ1v) is 8.48. The molecular weight excluding hydrogens is 314 g/mol. The maximum atomic E-state index is 12.5. The van der Waals surface area contributed by atoms with Crippen molar-refractivity contribution in [3.63, 3.8) is 0 Å². The summed E-state index contributed by atoms with van der Waals surface area (Å²) in [6, 6.07) is 11.2. The van der Waals surface area contributed by atoms with Crippen LogP contribution >= 0.6 is 0 Å². The van der Waals surface area contributed by atoms with Gasteiger partial charge in [0.25, 0.3) is 5.91 Å². The number of nitrogens with zero attached hydrogens (tertiary/aromatic N) is 4. The number of nitrogens with one attached hydrogen (secondary N) is 1. The lowest BCUT2D eigenvalue weighted by Crippen LogP contribution is -2.16. The summed E-state index contributed by atoms with van der Waals surface area (Å²) in [5, 5.41) is 10.8. The molecule has 0 atom stereocenters. The third kappa shape index (κ3) is 3.03. The summed E-state index contributed by atoms with van der Waals surface area (Å²) in [6.07, 6.45) is 5.36. The van der Waals surface area contributed by atoms with E-state index >= 15 is 0 Å². The van der Waals surface area contributed by atoms with Crippen LogP contribution in [0.25, 0.3) is 11.4 Å². The van der Waals surface area contributed by atoms with Crippen LogP contribution in [0.1, 0.15) is 34.7 Å². The Morgan fingerprint density at radius 3 is 2.84 bits per heavy atom. The molecule has 0 spiro atoms. The number of benzene rings is 1. The maximum absolute atomic E-state index is 12.5. The maximum Gasteiger partial charge on any atom is 0.276 e. The number of amides is 1. The molecule has 0 radical (unpaired) electrons. The first kappa shape index (κ1) is 15.5. The van der Waals surface area contributed by atoms with Gasteiger partial charge in [0.05, 0.1) is 11.4 Å². The lowest BCUT2D eigenvalue weighted by atomic mass is 10.1. The fraction of sp³-hybridized carbons (Fsp3) is 0.263. The standard InChI is InChI=1S/C19H19N5O/c1-13-9-10-17(23-22-13)19(25)21-16-8-3-2-7-15(16)18-20-12-14-6-4-5-11-24(14)18/h2-3,7-10,12H,4-6,11H2,1H3,(H,21,25). The second kappa shape index (κ2) is 6.47. The minimum absolute atomic E-state index is 0.273. The summed E-state index contributed by atoms with van der Waals surface area (Å²) in [4.78, 5) is 17.1. The number of hydrogen-bond acceptors (Lipinski definition) is 4. The van der Waals surface area contributed by atoms with Crippen molar-refractivity contribution in [2.75, 3.05) is 5.32 Å². The van der Waals surface area contributed by atoms with Crippen LogP contribution in [-0.2, 0) is 13.0 Å².